The molecule has 2 aromatic heterocycles. The number of nitrogens with zero attached hydrogens (tertiary/aromatic N) is 6. The zero-order valence-corrected chi connectivity index (χ0v) is 21.4. The SMILES string of the molecule is CC(C)(C)OC(=O)N1CCN(c2ccccc2C2COC(=O)N2c2ccn3ncc(Br)c3n2)CC1. The Bertz CT molecular complexity index is 1260. The molecule has 0 N–H and O–H groups in total. The fourth-order valence-corrected chi connectivity index (χ4v) is 4.74. The van der Waals surface area contributed by atoms with E-state index in [1.165, 1.54) is 0 Å². The molecule has 0 radical (unpaired) electrons. The minimum atomic E-state index is -0.525. The molecule has 2 aliphatic heterocycles. The van der Waals surface area contributed by atoms with Crippen LogP contribution in [-0.2, 0) is 9.47 Å². The third-order valence-electron chi connectivity index (χ3n) is 6.00. The fraction of sp³-hybridized carbons (Fsp3) is 0.417. The number of hydrogen-bond donors (Lipinski definition) is 0. The van der Waals surface area contributed by atoms with Crippen LogP contribution in [0.15, 0.2) is 47.2 Å². The Morgan fingerprint density at radius 3 is 2.63 bits per heavy atom. The van der Waals surface area contributed by atoms with Crippen molar-refractivity contribution in [2.24, 2.45) is 0 Å². The van der Waals surface area contributed by atoms with Gasteiger partial charge in [-0.15, -0.1) is 0 Å². The summed E-state index contributed by atoms with van der Waals surface area (Å²) in [5.74, 6) is 0.496. The smallest absolute Gasteiger partial charge is 0.416 e. The fourth-order valence-electron chi connectivity index (χ4n) is 4.38. The van der Waals surface area contributed by atoms with Crippen LogP contribution in [0.25, 0.3) is 5.65 Å². The number of amides is 2. The van der Waals surface area contributed by atoms with Crippen molar-refractivity contribution in [3.63, 3.8) is 0 Å². The topological polar surface area (TPSA) is 92.5 Å². The second kappa shape index (κ2) is 9.03. The van der Waals surface area contributed by atoms with Gasteiger partial charge >= 0.3 is 12.2 Å². The number of cyclic esters (lactones) is 1. The average Bonchev–Trinajstić information content (AvgIpc) is 3.40. The lowest BCUT2D eigenvalue weighted by atomic mass is 10.0. The number of rotatable bonds is 3. The van der Waals surface area contributed by atoms with Gasteiger partial charge in [-0.25, -0.2) is 19.1 Å². The van der Waals surface area contributed by atoms with Crippen molar-refractivity contribution in [2.75, 3.05) is 42.6 Å². The maximum Gasteiger partial charge on any atom is 0.416 e. The first-order valence-corrected chi connectivity index (χ1v) is 12.3. The van der Waals surface area contributed by atoms with Crippen molar-refractivity contribution in [2.45, 2.75) is 32.4 Å². The molecule has 2 saturated heterocycles. The van der Waals surface area contributed by atoms with E-state index < -0.39 is 11.7 Å². The predicted octanol–water partition coefficient (Wildman–Crippen LogP) is 4.25. The predicted molar refractivity (Wildman–Crippen MR) is 134 cm³/mol. The van der Waals surface area contributed by atoms with Crippen LogP contribution in [0.4, 0.5) is 21.1 Å². The van der Waals surface area contributed by atoms with E-state index in [9.17, 15) is 9.59 Å². The van der Waals surface area contributed by atoms with Gasteiger partial charge in [0.05, 0.1) is 10.7 Å². The zero-order valence-electron chi connectivity index (χ0n) is 19.8. The van der Waals surface area contributed by atoms with Crippen LogP contribution < -0.4 is 9.80 Å². The van der Waals surface area contributed by atoms with Gasteiger partial charge in [0.2, 0.25) is 0 Å². The molecular weight excluding hydrogens is 516 g/mol. The van der Waals surface area contributed by atoms with Gasteiger partial charge in [-0.3, -0.25) is 4.90 Å². The summed E-state index contributed by atoms with van der Waals surface area (Å²) in [6.07, 6.45) is 2.70. The molecule has 3 aromatic rings. The summed E-state index contributed by atoms with van der Waals surface area (Å²) in [7, 11) is 0. The number of piperazine rings is 1. The Kier molecular flexibility index (Phi) is 6.04. The number of aromatic nitrogens is 3. The summed E-state index contributed by atoms with van der Waals surface area (Å²) in [6, 6.07) is 9.43. The van der Waals surface area contributed by atoms with Crippen molar-refractivity contribution in [1.82, 2.24) is 19.5 Å². The van der Waals surface area contributed by atoms with E-state index in [1.807, 2.05) is 45.0 Å². The first kappa shape index (κ1) is 23.4. The Balaban J connectivity index is 1.39. The van der Waals surface area contributed by atoms with Crippen LogP contribution in [0.1, 0.15) is 32.4 Å². The van der Waals surface area contributed by atoms with Gasteiger partial charge in [0.15, 0.2) is 5.65 Å². The van der Waals surface area contributed by atoms with Gasteiger partial charge < -0.3 is 19.3 Å². The lowest BCUT2D eigenvalue weighted by Crippen LogP contribution is -2.50. The van der Waals surface area contributed by atoms with E-state index in [-0.39, 0.29) is 18.7 Å². The van der Waals surface area contributed by atoms with Crippen molar-refractivity contribution in [3.05, 3.63) is 52.8 Å². The lowest BCUT2D eigenvalue weighted by Gasteiger charge is -2.38. The number of hydrogen-bond acceptors (Lipinski definition) is 7. The normalized spacial score (nSPS) is 18.8. The molecule has 4 heterocycles. The molecule has 5 rings (SSSR count). The summed E-state index contributed by atoms with van der Waals surface area (Å²) in [5, 5.41) is 4.22. The van der Waals surface area contributed by atoms with Crippen LogP contribution in [0.2, 0.25) is 0 Å². The highest BCUT2D eigenvalue weighted by Gasteiger charge is 2.38. The van der Waals surface area contributed by atoms with Crippen LogP contribution in [0.3, 0.4) is 0 Å². The zero-order chi connectivity index (χ0) is 24.7. The Morgan fingerprint density at radius 1 is 1.14 bits per heavy atom. The molecule has 1 aromatic carbocycles. The molecule has 0 spiro atoms. The molecule has 0 bridgehead atoms. The highest BCUT2D eigenvalue weighted by atomic mass is 79.9. The van der Waals surface area contributed by atoms with E-state index in [4.69, 9.17) is 9.47 Å². The second-order valence-corrected chi connectivity index (χ2v) is 10.4. The Labute approximate surface area is 211 Å². The average molecular weight is 543 g/mol. The molecule has 10 nitrogen and oxygen atoms in total. The van der Waals surface area contributed by atoms with E-state index in [1.54, 1.807) is 32.8 Å². The number of benzene rings is 1. The maximum atomic E-state index is 12.8. The number of para-hydroxylation sites is 1. The van der Waals surface area contributed by atoms with Crippen LogP contribution in [-0.4, -0.2) is 70.1 Å². The molecule has 2 amide bonds. The van der Waals surface area contributed by atoms with Gasteiger partial charge in [0, 0.05) is 43.6 Å². The molecule has 2 fully saturated rings. The highest BCUT2D eigenvalue weighted by molar-refractivity contribution is 9.10. The number of ether oxygens (including phenoxy) is 2. The van der Waals surface area contributed by atoms with E-state index in [0.717, 1.165) is 15.7 Å². The monoisotopic (exact) mass is 542 g/mol. The van der Waals surface area contributed by atoms with Gasteiger partial charge in [0.1, 0.15) is 24.1 Å². The van der Waals surface area contributed by atoms with Crippen molar-refractivity contribution >= 4 is 45.3 Å². The standard InChI is InChI=1S/C24H27BrN6O4/c1-24(2,3)35-22(32)29-12-10-28(11-13-29)18-7-5-4-6-16(18)19-15-34-23(33)31(19)20-8-9-30-21(27-20)17(25)14-26-30/h4-9,14,19H,10-13,15H2,1-3H3. The van der Waals surface area contributed by atoms with Gasteiger partial charge in [0.25, 0.3) is 0 Å². The molecule has 184 valence electrons. The number of anilines is 2. The van der Waals surface area contributed by atoms with Crippen molar-refractivity contribution in [3.8, 4) is 0 Å². The van der Waals surface area contributed by atoms with Crippen LogP contribution in [0, 0.1) is 0 Å². The van der Waals surface area contributed by atoms with Crippen molar-refractivity contribution < 1.29 is 19.1 Å². The van der Waals surface area contributed by atoms with Gasteiger partial charge in [-0.05, 0) is 48.8 Å². The summed E-state index contributed by atoms with van der Waals surface area (Å²) in [5.41, 5.74) is 2.07. The Morgan fingerprint density at radius 2 is 1.89 bits per heavy atom. The van der Waals surface area contributed by atoms with Gasteiger partial charge in [-0.2, -0.15) is 5.10 Å². The Hall–Kier alpha value is -3.34. The van der Waals surface area contributed by atoms with E-state index >= 15 is 0 Å². The third kappa shape index (κ3) is 4.64. The first-order chi connectivity index (χ1) is 16.7. The minimum absolute atomic E-state index is 0.223. The summed E-state index contributed by atoms with van der Waals surface area (Å²) in [4.78, 5) is 35.5. The molecule has 11 heteroatoms. The lowest BCUT2D eigenvalue weighted by molar-refractivity contribution is 0.0240. The quantitative estimate of drug-likeness (QED) is 0.488. The first-order valence-electron chi connectivity index (χ1n) is 11.5. The summed E-state index contributed by atoms with van der Waals surface area (Å²) < 4.78 is 13.4. The molecule has 1 unspecified atom stereocenters. The number of fused-ring (bicyclic) bond motifs is 1. The van der Waals surface area contributed by atoms with Crippen LogP contribution >= 0.6 is 15.9 Å². The number of halogens is 1. The van der Waals surface area contributed by atoms with E-state index in [2.05, 4.69) is 30.9 Å². The van der Waals surface area contributed by atoms with Gasteiger partial charge in [-0.1, -0.05) is 18.2 Å². The molecule has 35 heavy (non-hydrogen) atoms. The van der Waals surface area contributed by atoms with Crippen LogP contribution in [0.5, 0.6) is 0 Å². The third-order valence-corrected chi connectivity index (χ3v) is 6.56. The van der Waals surface area contributed by atoms with E-state index in [0.29, 0.717) is 37.6 Å². The molecule has 2 aliphatic rings. The molecule has 1 atom stereocenters. The minimum Gasteiger partial charge on any atom is -0.447 e. The highest BCUT2D eigenvalue weighted by Crippen LogP contribution is 2.37. The second-order valence-electron chi connectivity index (χ2n) is 9.52. The molecule has 0 aliphatic carbocycles. The summed E-state index contributed by atoms with van der Waals surface area (Å²) in [6.45, 7) is 8.25. The molecular formula is C24H27BrN6O4. The summed E-state index contributed by atoms with van der Waals surface area (Å²) >= 11 is 3.46. The maximum absolute atomic E-state index is 12.8. The van der Waals surface area contributed by atoms with Crippen molar-refractivity contribution in [1.29, 1.82) is 0 Å². The molecule has 0 saturated carbocycles. The number of carbonyl (C=O) groups excluding carboxylic acids is 2. The largest absolute Gasteiger partial charge is 0.447 e. The number of carbonyl (C=O) groups is 2.